The Hall–Kier alpha value is -0.580. The van der Waals surface area contributed by atoms with Gasteiger partial charge >= 0.3 is 5.97 Å². The zero-order valence-electron chi connectivity index (χ0n) is 8.12. The number of hydrogen-bond donors (Lipinski definition) is 0. The van der Waals surface area contributed by atoms with Gasteiger partial charge in [0.25, 0.3) is 0 Å². The molecule has 0 aromatic heterocycles. The molecule has 0 fully saturated rings. The Kier molecular flexibility index (Phi) is 7.47. The van der Waals surface area contributed by atoms with Gasteiger partial charge in [-0.15, -0.1) is 0 Å². The van der Waals surface area contributed by atoms with Crippen LogP contribution >= 0.6 is 15.9 Å². The average molecular weight is 266 g/mol. The second-order valence-electron chi connectivity index (χ2n) is 2.90. The number of carboxylic acids is 1. The average Bonchev–Trinajstić information content (AvgIpc) is 2.14. The molecular formula is C9H14BrO4-. The van der Waals surface area contributed by atoms with Crippen LogP contribution < -0.4 is 5.11 Å². The lowest BCUT2D eigenvalue weighted by atomic mass is 10.2. The highest BCUT2D eigenvalue weighted by Crippen LogP contribution is 2.07. The number of halogens is 1. The van der Waals surface area contributed by atoms with Crippen LogP contribution in [0.25, 0.3) is 0 Å². The van der Waals surface area contributed by atoms with Crippen LogP contribution in [0.1, 0.15) is 32.6 Å². The molecule has 0 aromatic rings. The summed E-state index contributed by atoms with van der Waals surface area (Å²) in [4.78, 5) is 20.5. The van der Waals surface area contributed by atoms with E-state index in [1.165, 1.54) is 0 Å². The fourth-order valence-electron chi connectivity index (χ4n) is 0.765. The smallest absolute Gasteiger partial charge is 0.305 e. The van der Waals surface area contributed by atoms with Crippen LogP contribution in [0, 0.1) is 0 Å². The Morgan fingerprint density at radius 2 is 2.14 bits per heavy atom. The van der Waals surface area contributed by atoms with E-state index in [0.29, 0.717) is 6.61 Å². The van der Waals surface area contributed by atoms with Gasteiger partial charge in [0.05, 0.1) is 17.4 Å². The van der Waals surface area contributed by atoms with E-state index in [1.807, 2.05) is 6.92 Å². The molecule has 0 heterocycles. The molecule has 0 N–H and O–H groups in total. The number of unbranched alkanes of at least 4 members (excludes halogenated alkanes) is 1. The van der Waals surface area contributed by atoms with Crippen LogP contribution in [-0.4, -0.2) is 23.4 Å². The fourth-order valence-corrected chi connectivity index (χ4v) is 0.994. The molecule has 1 atom stereocenters. The van der Waals surface area contributed by atoms with Crippen molar-refractivity contribution in [1.29, 1.82) is 0 Å². The van der Waals surface area contributed by atoms with Crippen molar-refractivity contribution >= 4 is 27.9 Å². The Morgan fingerprint density at radius 3 is 2.64 bits per heavy atom. The first-order chi connectivity index (χ1) is 6.57. The second-order valence-corrected chi connectivity index (χ2v) is 4.00. The molecular weight excluding hydrogens is 252 g/mol. The zero-order valence-corrected chi connectivity index (χ0v) is 9.71. The molecule has 0 bridgehead atoms. The van der Waals surface area contributed by atoms with Crippen molar-refractivity contribution < 1.29 is 19.4 Å². The Labute approximate surface area is 91.8 Å². The fraction of sp³-hybridized carbons (Fsp3) is 0.778. The SMILES string of the molecule is CCCCOC(=O)CCC(Br)C(=O)[O-]. The number of ether oxygens (including phenoxy) is 1. The molecule has 0 saturated carbocycles. The summed E-state index contributed by atoms with van der Waals surface area (Å²) in [5.74, 6) is -1.56. The highest BCUT2D eigenvalue weighted by Gasteiger charge is 2.09. The van der Waals surface area contributed by atoms with Gasteiger partial charge in [0.1, 0.15) is 0 Å². The van der Waals surface area contributed by atoms with Gasteiger partial charge in [-0.2, -0.15) is 0 Å². The number of carbonyl (C=O) groups is 2. The van der Waals surface area contributed by atoms with Gasteiger partial charge in [-0.1, -0.05) is 29.3 Å². The highest BCUT2D eigenvalue weighted by molar-refractivity contribution is 9.10. The van der Waals surface area contributed by atoms with Crippen molar-refractivity contribution in [3.05, 3.63) is 0 Å². The largest absolute Gasteiger partial charge is 0.549 e. The van der Waals surface area contributed by atoms with E-state index in [-0.39, 0.29) is 18.8 Å². The van der Waals surface area contributed by atoms with E-state index in [2.05, 4.69) is 15.9 Å². The van der Waals surface area contributed by atoms with Crippen molar-refractivity contribution in [1.82, 2.24) is 0 Å². The van der Waals surface area contributed by atoms with E-state index >= 15 is 0 Å². The van der Waals surface area contributed by atoms with Crippen LogP contribution in [0.5, 0.6) is 0 Å². The molecule has 0 aliphatic rings. The number of carboxylic acid groups (broad SMARTS) is 1. The lowest BCUT2D eigenvalue weighted by Crippen LogP contribution is -2.32. The number of hydrogen-bond acceptors (Lipinski definition) is 4. The number of aliphatic carboxylic acids is 1. The Morgan fingerprint density at radius 1 is 1.50 bits per heavy atom. The van der Waals surface area contributed by atoms with E-state index in [1.54, 1.807) is 0 Å². The minimum atomic E-state index is -1.20. The summed E-state index contributed by atoms with van der Waals surface area (Å²) in [6.07, 6.45) is 2.11. The third-order valence-electron chi connectivity index (χ3n) is 1.62. The topological polar surface area (TPSA) is 66.4 Å². The second kappa shape index (κ2) is 7.79. The molecule has 0 aliphatic carbocycles. The molecule has 0 aromatic carbocycles. The Bertz CT molecular complexity index is 193. The summed E-state index contributed by atoms with van der Waals surface area (Å²) in [5.41, 5.74) is 0. The maximum Gasteiger partial charge on any atom is 0.305 e. The van der Waals surface area contributed by atoms with Crippen molar-refractivity contribution in [3.63, 3.8) is 0 Å². The molecule has 0 radical (unpaired) electrons. The summed E-state index contributed by atoms with van der Waals surface area (Å²) >= 11 is 2.88. The molecule has 82 valence electrons. The zero-order chi connectivity index (χ0) is 11.0. The van der Waals surface area contributed by atoms with Crippen molar-refractivity contribution in [3.8, 4) is 0 Å². The number of esters is 1. The van der Waals surface area contributed by atoms with Crippen LogP contribution in [0.3, 0.4) is 0 Å². The first kappa shape index (κ1) is 13.4. The maximum atomic E-state index is 11.0. The summed E-state index contributed by atoms with van der Waals surface area (Å²) in [5, 5.41) is 10.3. The van der Waals surface area contributed by atoms with E-state index in [4.69, 9.17) is 4.74 Å². The number of carbonyl (C=O) groups excluding carboxylic acids is 2. The third-order valence-corrected chi connectivity index (χ3v) is 2.45. The monoisotopic (exact) mass is 265 g/mol. The first-order valence-corrected chi connectivity index (χ1v) is 5.50. The van der Waals surface area contributed by atoms with E-state index in [9.17, 15) is 14.7 Å². The van der Waals surface area contributed by atoms with Gasteiger partial charge in [0.2, 0.25) is 0 Å². The molecule has 14 heavy (non-hydrogen) atoms. The summed E-state index contributed by atoms with van der Waals surface area (Å²) in [6.45, 7) is 2.41. The lowest BCUT2D eigenvalue weighted by molar-refractivity contribution is -0.304. The molecule has 0 amide bonds. The number of alkyl halides is 1. The van der Waals surface area contributed by atoms with Crippen LogP contribution in [0.15, 0.2) is 0 Å². The maximum absolute atomic E-state index is 11.0. The van der Waals surface area contributed by atoms with Gasteiger partial charge in [-0.05, 0) is 12.8 Å². The molecule has 4 nitrogen and oxygen atoms in total. The van der Waals surface area contributed by atoms with Gasteiger partial charge in [-0.25, -0.2) is 0 Å². The highest BCUT2D eigenvalue weighted by atomic mass is 79.9. The van der Waals surface area contributed by atoms with Crippen molar-refractivity contribution in [2.45, 2.75) is 37.4 Å². The number of rotatable bonds is 7. The van der Waals surface area contributed by atoms with Crippen molar-refractivity contribution in [2.24, 2.45) is 0 Å². The quantitative estimate of drug-likeness (QED) is 0.385. The molecule has 0 aliphatic heterocycles. The van der Waals surface area contributed by atoms with Crippen LogP contribution in [-0.2, 0) is 14.3 Å². The predicted molar refractivity (Wildman–Crippen MR) is 52.8 cm³/mol. The summed E-state index contributed by atoms with van der Waals surface area (Å²) in [6, 6.07) is 0. The molecule has 0 rings (SSSR count). The van der Waals surface area contributed by atoms with E-state index < -0.39 is 10.8 Å². The molecule has 1 unspecified atom stereocenters. The van der Waals surface area contributed by atoms with Crippen LogP contribution in [0.2, 0.25) is 0 Å². The third kappa shape index (κ3) is 6.88. The van der Waals surface area contributed by atoms with Gasteiger partial charge < -0.3 is 14.6 Å². The standard InChI is InChI=1S/C9H15BrO4/c1-2-3-6-14-8(11)5-4-7(10)9(12)13/h7H,2-6H2,1H3,(H,12,13)/p-1. The minimum Gasteiger partial charge on any atom is -0.549 e. The first-order valence-electron chi connectivity index (χ1n) is 4.58. The van der Waals surface area contributed by atoms with E-state index in [0.717, 1.165) is 12.8 Å². The molecule has 0 saturated heterocycles. The minimum absolute atomic E-state index is 0.105. The lowest BCUT2D eigenvalue weighted by Gasteiger charge is -2.09. The Balaban J connectivity index is 3.48. The van der Waals surface area contributed by atoms with Gasteiger partial charge in [-0.3, -0.25) is 4.79 Å². The summed E-state index contributed by atoms with van der Waals surface area (Å²) in [7, 11) is 0. The van der Waals surface area contributed by atoms with Crippen molar-refractivity contribution in [2.75, 3.05) is 6.61 Å². The molecule has 0 spiro atoms. The van der Waals surface area contributed by atoms with Gasteiger partial charge in [0.15, 0.2) is 0 Å². The van der Waals surface area contributed by atoms with Crippen LogP contribution in [0.4, 0.5) is 0 Å². The normalized spacial score (nSPS) is 12.1. The summed E-state index contributed by atoms with van der Waals surface area (Å²) < 4.78 is 4.84. The van der Waals surface area contributed by atoms with Gasteiger partial charge in [0, 0.05) is 6.42 Å². The molecule has 5 heteroatoms. The predicted octanol–water partition coefficient (Wildman–Crippen LogP) is 0.623.